The average molecular weight is 256 g/mol. The van der Waals surface area contributed by atoms with Gasteiger partial charge in [-0.3, -0.25) is 4.79 Å². The maximum Gasteiger partial charge on any atom is 0.178 e. The zero-order valence-electron chi connectivity index (χ0n) is 11.8. The van der Waals surface area contributed by atoms with E-state index in [0.29, 0.717) is 24.7 Å². The molecule has 0 aromatic carbocycles. The fraction of sp³-hybridized carbons (Fsp3) is 0.929. The normalized spacial score (nSPS) is 41.6. The number of Topliss-reactive ketones (excluding diaryl/α,β-unsaturated/α-hetero) is 1. The van der Waals surface area contributed by atoms with Gasteiger partial charge >= 0.3 is 0 Å². The number of hydrogen-bond acceptors (Lipinski definition) is 4. The van der Waals surface area contributed by atoms with Crippen molar-refractivity contribution < 1.29 is 19.0 Å². The molecular weight excluding hydrogens is 232 g/mol. The zero-order chi connectivity index (χ0) is 13.3. The largest absolute Gasteiger partial charge is 0.355 e. The van der Waals surface area contributed by atoms with Crippen LogP contribution in [0.4, 0.5) is 0 Å². The number of hydrogen-bond donors (Lipinski definition) is 0. The molecular formula is C14H24O4. The van der Waals surface area contributed by atoms with Crippen molar-refractivity contribution in [1.29, 1.82) is 0 Å². The van der Waals surface area contributed by atoms with E-state index in [-0.39, 0.29) is 11.9 Å². The van der Waals surface area contributed by atoms with Gasteiger partial charge in [0, 0.05) is 13.5 Å². The molecule has 0 amide bonds. The molecule has 0 saturated carbocycles. The van der Waals surface area contributed by atoms with Crippen LogP contribution in [0.1, 0.15) is 46.5 Å². The van der Waals surface area contributed by atoms with Crippen LogP contribution in [0, 0.1) is 11.8 Å². The predicted molar refractivity (Wildman–Crippen MR) is 67.0 cm³/mol. The number of ketones is 1. The Morgan fingerprint density at radius 3 is 2.72 bits per heavy atom. The first-order valence-corrected chi connectivity index (χ1v) is 6.86. The summed E-state index contributed by atoms with van der Waals surface area (Å²) in [6.45, 7) is 6.51. The van der Waals surface area contributed by atoms with Crippen LogP contribution < -0.4 is 0 Å². The first kappa shape index (κ1) is 14.0. The van der Waals surface area contributed by atoms with Crippen molar-refractivity contribution in [2.45, 2.75) is 64.6 Å². The standard InChI is InChI=1S/C14H24O4/c1-9(2)13-10(3)5-6-14(18-13)8-11(15)7-12(16-4)17-14/h9-10,12-13H,5-8H2,1-4H3/t10-,12+,13+,14+/m0/s1. The molecule has 0 N–H and O–H groups in total. The van der Waals surface area contributed by atoms with Crippen LogP contribution in [0.15, 0.2) is 0 Å². The molecule has 4 atom stereocenters. The summed E-state index contributed by atoms with van der Waals surface area (Å²) in [5, 5.41) is 0. The smallest absolute Gasteiger partial charge is 0.178 e. The average Bonchev–Trinajstić information content (AvgIpc) is 2.31. The van der Waals surface area contributed by atoms with Crippen LogP contribution in [0.5, 0.6) is 0 Å². The van der Waals surface area contributed by atoms with Crippen LogP contribution in [0.25, 0.3) is 0 Å². The summed E-state index contributed by atoms with van der Waals surface area (Å²) >= 11 is 0. The number of carbonyl (C=O) groups excluding carboxylic acids is 1. The topological polar surface area (TPSA) is 44.8 Å². The molecule has 2 fully saturated rings. The van der Waals surface area contributed by atoms with Crippen molar-refractivity contribution in [1.82, 2.24) is 0 Å². The molecule has 2 aliphatic rings. The predicted octanol–water partition coefficient (Wildman–Crippen LogP) is 2.51. The highest BCUT2D eigenvalue weighted by atomic mass is 16.8. The Kier molecular flexibility index (Phi) is 4.09. The van der Waals surface area contributed by atoms with Gasteiger partial charge in [-0.2, -0.15) is 0 Å². The number of ether oxygens (including phenoxy) is 3. The second-order valence-corrected chi connectivity index (χ2v) is 5.96. The maximum atomic E-state index is 11.8. The lowest BCUT2D eigenvalue weighted by atomic mass is 9.84. The lowest BCUT2D eigenvalue weighted by Crippen LogP contribution is -2.53. The second-order valence-electron chi connectivity index (χ2n) is 5.96. The van der Waals surface area contributed by atoms with Crippen molar-refractivity contribution >= 4 is 5.78 Å². The minimum atomic E-state index is -0.739. The Balaban J connectivity index is 2.12. The molecule has 104 valence electrons. The fourth-order valence-electron chi connectivity index (χ4n) is 3.06. The van der Waals surface area contributed by atoms with E-state index in [1.54, 1.807) is 7.11 Å². The van der Waals surface area contributed by atoms with Gasteiger partial charge in [0.15, 0.2) is 12.1 Å². The summed E-state index contributed by atoms with van der Waals surface area (Å²) in [5.41, 5.74) is 0. The van der Waals surface area contributed by atoms with E-state index in [2.05, 4.69) is 20.8 Å². The van der Waals surface area contributed by atoms with Crippen LogP contribution in [-0.2, 0) is 19.0 Å². The van der Waals surface area contributed by atoms with Gasteiger partial charge < -0.3 is 14.2 Å². The highest BCUT2D eigenvalue weighted by Gasteiger charge is 2.48. The number of rotatable bonds is 2. The summed E-state index contributed by atoms with van der Waals surface area (Å²) in [6.07, 6.45) is 2.22. The van der Waals surface area contributed by atoms with E-state index in [1.807, 2.05) is 0 Å². The van der Waals surface area contributed by atoms with Gasteiger partial charge in [0.2, 0.25) is 0 Å². The molecule has 2 heterocycles. The van der Waals surface area contributed by atoms with Crippen molar-refractivity contribution in [3.8, 4) is 0 Å². The van der Waals surface area contributed by atoms with E-state index in [1.165, 1.54) is 0 Å². The van der Waals surface area contributed by atoms with Crippen molar-refractivity contribution in [3.05, 3.63) is 0 Å². The maximum absolute atomic E-state index is 11.8. The van der Waals surface area contributed by atoms with Gasteiger partial charge in [0.1, 0.15) is 5.78 Å². The third-order valence-electron chi connectivity index (χ3n) is 4.02. The van der Waals surface area contributed by atoms with E-state index in [4.69, 9.17) is 14.2 Å². The minimum Gasteiger partial charge on any atom is -0.355 e. The van der Waals surface area contributed by atoms with Gasteiger partial charge in [0.25, 0.3) is 0 Å². The molecule has 1 spiro atoms. The highest BCUT2D eigenvalue weighted by Crippen LogP contribution is 2.41. The van der Waals surface area contributed by atoms with Crippen LogP contribution in [0.2, 0.25) is 0 Å². The van der Waals surface area contributed by atoms with Crippen LogP contribution in [0.3, 0.4) is 0 Å². The summed E-state index contributed by atoms with van der Waals surface area (Å²) in [5.74, 6) is 0.374. The van der Waals surface area contributed by atoms with E-state index in [0.717, 1.165) is 12.8 Å². The van der Waals surface area contributed by atoms with Crippen LogP contribution in [-0.4, -0.2) is 31.1 Å². The Labute approximate surface area is 109 Å². The Morgan fingerprint density at radius 1 is 1.39 bits per heavy atom. The van der Waals surface area contributed by atoms with Crippen molar-refractivity contribution in [3.63, 3.8) is 0 Å². The number of methoxy groups -OCH3 is 1. The quantitative estimate of drug-likeness (QED) is 0.761. The first-order valence-electron chi connectivity index (χ1n) is 6.86. The Hall–Kier alpha value is -0.450. The lowest BCUT2D eigenvalue weighted by Gasteiger charge is -2.48. The molecule has 0 aromatic heterocycles. The van der Waals surface area contributed by atoms with E-state index >= 15 is 0 Å². The third kappa shape index (κ3) is 2.76. The minimum absolute atomic E-state index is 0.155. The molecule has 4 nitrogen and oxygen atoms in total. The second kappa shape index (κ2) is 5.27. The SMILES string of the molecule is CO[C@H]1CC(=O)C[C@]2(CC[C@H](C)[C@@H](C(C)C)O2)O1. The molecule has 4 heteroatoms. The van der Waals surface area contributed by atoms with Crippen LogP contribution >= 0.6 is 0 Å². The zero-order valence-corrected chi connectivity index (χ0v) is 11.8. The van der Waals surface area contributed by atoms with Gasteiger partial charge in [-0.15, -0.1) is 0 Å². The Morgan fingerprint density at radius 2 is 2.11 bits per heavy atom. The van der Waals surface area contributed by atoms with Gasteiger partial charge in [-0.25, -0.2) is 0 Å². The summed E-state index contributed by atoms with van der Waals surface area (Å²) in [6, 6.07) is 0. The van der Waals surface area contributed by atoms with Gasteiger partial charge in [0.05, 0.1) is 18.9 Å². The molecule has 0 radical (unpaired) electrons. The highest BCUT2D eigenvalue weighted by molar-refractivity contribution is 5.80. The van der Waals surface area contributed by atoms with Gasteiger partial charge in [-0.05, 0) is 18.3 Å². The van der Waals surface area contributed by atoms with Crippen molar-refractivity contribution in [2.24, 2.45) is 11.8 Å². The van der Waals surface area contributed by atoms with E-state index in [9.17, 15) is 4.79 Å². The van der Waals surface area contributed by atoms with Crippen molar-refractivity contribution in [2.75, 3.05) is 7.11 Å². The lowest BCUT2D eigenvalue weighted by molar-refractivity contribution is -0.352. The molecule has 0 unspecified atom stereocenters. The van der Waals surface area contributed by atoms with Gasteiger partial charge in [-0.1, -0.05) is 20.8 Å². The molecule has 2 saturated heterocycles. The third-order valence-corrected chi connectivity index (χ3v) is 4.02. The molecule has 2 aliphatic heterocycles. The molecule has 0 aromatic rings. The van der Waals surface area contributed by atoms with E-state index < -0.39 is 12.1 Å². The molecule has 18 heavy (non-hydrogen) atoms. The fourth-order valence-corrected chi connectivity index (χ4v) is 3.06. The summed E-state index contributed by atoms with van der Waals surface area (Å²) in [7, 11) is 1.57. The number of carbonyl (C=O) groups is 1. The molecule has 2 rings (SSSR count). The Bertz CT molecular complexity index is 315. The summed E-state index contributed by atoms with van der Waals surface area (Å²) < 4.78 is 17.3. The first-order chi connectivity index (χ1) is 8.46. The molecule has 0 bridgehead atoms. The summed E-state index contributed by atoms with van der Waals surface area (Å²) in [4.78, 5) is 11.8. The molecule has 0 aliphatic carbocycles. The monoisotopic (exact) mass is 256 g/mol.